The van der Waals surface area contributed by atoms with Crippen molar-refractivity contribution in [3.63, 3.8) is 0 Å². The highest BCUT2D eigenvalue weighted by molar-refractivity contribution is 5.57. The molecule has 0 saturated heterocycles. The number of aliphatic hydroxyl groups is 2. The van der Waals surface area contributed by atoms with Crippen molar-refractivity contribution in [3.05, 3.63) is 12.3 Å². The topological polar surface area (TPSA) is 82.1 Å². The first-order valence-corrected chi connectivity index (χ1v) is 2.33. The van der Waals surface area contributed by atoms with Crippen molar-refractivity contribution >= 4 is 6.34 Å². The molecule has 1 aliphatic rings. The zero-order valence-corrected chi connectivity index (χ0v) is 4.60. The Labute approximate surface area is 51.7 Å². The number of nitrogens with zero attached hydrogens (tertiary/aromatic N) is 2. The third kappa shape index (κ3) is 1.07. The molecule has 0 unspecified atom stereocenters. The van der Waals surface area contributed by atoms with Gasteiger partial charge in [-0.25, -0.2) is 15.8 Å². The zero-order valence-electron chi connectivity index (χ0n) is 4.60. The maximum absolute atomic E-state index is 8.82. The molecule has 0 aliphatic carbocycles. The van der Waals surface area contributed by atoms with Gasteiger partial charge < -0.3 is 10.2 Å². The van der Waals surface area contributed by atoms with Crippen molar-refractivity contribution in [1.29, 1.82) is 0 Å². The van der Waals surface area contributed by atoms with Gasteiger partial charge in [0.1, 0.15) is 6.34 Å². The van der Waals surface area contributed by atoms with E-state index in [2.05, 4.69) is 4.99 Å². The smallest absolute Gasteiger partial charge is 0.284 e. The van der Waals surface area contributed by atoms with Gasteiger partial charge in [-0.3, -0.25) is 0 Å². The molecule has 0 aromatic heterocycles. The molecule has 0 saturated carbocycles. The Bertz CT molecular complexity index is 163. The molecular formula is C4H7N3O2. The fraction of sp³-hybridized carbons (Fsp3) is 0.250. The molecule has 5 nitrogen and oxygen atoms in total. The molecule has 0 fully saturated rings. The number of nitrogens with two attached hydrogens (primary N) is 1. The predicted molar refractivity (Wildman–Crippen MR) is 30.8 cm³/mol. The van der Waals surface area contributed by atoms with Crippen molar-refractivity contribution in [2.75, 3.05) is 0 Å². The molecule has 0 aromatic carbocycles. The Balaban J connectivity index is 2.78. The van der Waals surface area contributed by atoms with E-state index in [-0.39, 0.29) is 0 Å². The lowest BCUT2D eigenvalue weighted by molar-refractivity contribution is -0.200. The normalized spacial score (nSPS) is 22.8. The van der Waals surface area contributed by atoms with Gasteiger partial charge in [0.2, 0.25) is 0 Å². The Kier molecular flexibility index (Phi) is 1.24. The van der Waals surface area contributed by atoms with Crippen LogP contribution in [-0.2, 0) is 0 Å². The van der Waals surface area contributed by atoms with Crippen LogP contribution in [0.2, 0.25) is 0 Å². The highest BCUT2D eigenvalue weighted by Crippen LogP contribution is 2.06. The molecular weight excluding hydrogens is 122 g/mol. The summed E-state index contributed by atoms with van der Waals surface area (Å²) in [5, 5.41) is 18.3. The predicted octanol–water partition coefficient (Wildman–Crippen LogP) is -1.64. The second-order valence-electron chi connectivity index (χ2n) is 1.67. The quantitative estimate of drug-likeness (QED) is 0.270. The van der Waals surface area contributed by atoms with Crippen LogP contribution in [0.5, 0.6) is 0 Å². The van der Waals surface area contributed by atoms with E-state index in [1.54, 1.807) is 0 Å². The second-order valence-corrected chi connectivity index (χ2v) is 1.67. The van der Waals surface area contributed by atoms with Crippen LogP contribution >= 0.6 is 0 Å². The molecule has 1 rings (SSSR count). The van der Waals surface area contributed by atoms with Crippen LogP contribution in [0.3, 0.4) is 0 Å². The van der Waals surface area contributed by atoms with Crippen molar-refractivity contribution in [2.45, 2.75) is 5.91 Å². The first-order chi connectivity index (χ1) is 4.13. The maximum atomic E-state index is 8.82. The van der Waals surface area contributed by atoms with Gasteiger partial charge in [0.05, 0.1) is 0 Å². The molecule has 0 atom stereocenters. The lowest BCUT2D eigenvalue weighted by Crippen LogP contribution is -2.51. The van der Waals surface area contributed by atoms with Crippen LogP contribution in [0.15, 0.2) is 17.3 Å². The first-order valence-electron chi connectivity index (χ1n) is 2.33. The fourth-order valence-corrected chi connectivity index (χ4v) is 0.424. The summed E-state index contributed by atoms with van der Waals surface area (Å²) in [7, 11) is 0. The number of hydrogen-bond donors (Lipinski definition) is 3. The number of hydrazine groups is 1. The van der Waals surface area contributed by atoms with Crippen LogP contribution < -0.4 is 5.84 Å². The standard InChI is InChI=1S/C4H7N3O2/c5-7-3-6-2-1-4(7,8)9/h1-3,8-9H,5H2. The van der Waals surface area contributed by atoms with Crippen LogP contribution in [0.1, 0.15) is 0 Å². The van der Waals surface area contributed by atoms with Crippen molar-refractivity contribution in [1.82, 2.24) is 5.01 Å². The van der Waals surface area contributed by atoms with Gasteiger partial charge in [-0.15, -0.1) is 0 Å². The third-order valence-corrected chi connectivity index (χ3v) is 0.955. The van der Waals surface area contributed by atoms with Gasteiger partial charge in [-0.1, -0.05) is 0 Å². The molecule has 50 valence electrons. The molecule has 0 radical (unpaired) electrons. The largest absolute Gasteiger partial charge is 0.344 e. The minimum Gasteiger partial charge on any atom is -0.344 e. The fourth-order valence-electron chi connectivity index (χ4n) is 0.424. The van der Waals surface area contributed by atoms with E-state index in [9.17, 15) is 0 Å². The molecule has 0 bridgehead atoms. The molecule has 0 spiro atoms. The van der Waals surface area contributed by atoms with Crippen LogP contribution in [0, 0.1) is 0 Å². The lowest BCUT2D eigenvalue weighted by atomic mass is 10.4. The van der Waals surface area contributed by atoms with E-state index >= 15 is 0 Å². The Morgan fingerprint density at radius 2 is 2.22 bits per heavy atom. The minimum atomic E-state index is -2.08. The summed E-state index contributed by atoms with van der Waals surface area (Å²) < 4.78 is 0. The van der Waals surface area contributed by atoms with E-state index < -0.39 is 5.91 Å². The summed E-state index contributed by atoms with van der Waals surface area (Å²) in [6, 6.07) is 0. The lowest BCUT2D eigenvalue weighted by Gasteiger charge is -2.27. The molecule has 5 heteroatoms. The molecule has 9 heavy (non-hydrogen) atoms. The summed E-state index contributed by atoms with van der Waals surface area (Å²) in [6.45, 7) is 0. The summed E-state index contributed by atoms with van der Waals surface area (Å²) in [5.74, 6) is 2.96. The molecule has 0 aromatic rings. The Hall–Kier alpha value is -0.910. The Morgan fingerprint density at radius 3 is 2.56 bits per heavy atom. The summed E-state index contributed by atoms with van der Waals surface area (Å²) in [6.07, 6.45) is 3.43. The minimum absolute atomic E-state index is 0.688. The maximum Gasteiger partial charge on any atom is 0.284 e. The van der Waals surface area contributed by atoms with Crippen molar-refractivity contribution < 1.29 is 10.2 Å². The summed E-state index contributed by atoms with van der Waals surface area (Å²) >= 11 is 0. The second kappa shape index (κ2) is 1.80. The first kappa shape index (κ1) is 6.21. The monoisotopic (exact) mass is 129 g/mol. The highest BCUT2D eigenvalue weighted by Gasteiger charge is 2.25. The van der Waals surface area contributed by atoms with Gasteiger partial charge >= 0.3 is 0 Å². The van der Waals surface area contributed by atoms with E-state index in [0.717, 1.165) is 12.4 Å². The van der Waals surface area contributed by atoms with Gasteiger partial charge in [0.15, 0.2) is 0 Å². The van der Waals surface area contributed by atoms with E-state index in [1.807, 2.05) is 0 Å². The number of hydrogen-bond acceptors (Lipinski definition) is 5. The van der Waals surface area contributed by atoms with Crippen molar-refractivity contribution in [3.8, 4) is 0 Å². The van der Waals surface area contributed by atoms with Crippen LogP contribution in [0.25, 0.3) is 0 Å². The average molecular weight is 129 g/mol. The average Bonchev–Trinajstić information content (AvgIpc) is 1.77. The van der Waals surface area contributed by atoms with Gasteiger partial charge in [0.25, 0.3) is 5.91 Å². The molecule has 4 N–H and O–H groups in total. The number of rotatable bonds is 0. The molecule has 0 amide bonds. The Morgan fingerprint density at radius 1 is 1.56 bits per heavy atom. The van der Waals surface area contributed by atoms with E-state index in [0.29, 0.717) is 5.01 Å². The molecule has 1 heterocycles. The van der Waals surface area contributed by atoms with Gasteiger partial charge in [-0.2, -0.15) is 0 Å². The van der Waals surface area contributed by atoms with Crippen molar-refractivity contribution in [2.24, 2.45) is 10.8 Å². The van der Waals surface area contributed by atoms with Crippen LogP contribution in [0.4, 0.5) is 0 Å². The highest BCUT2D eigenvalue weighted by atomic mass is 16.5. The van der Waals surface area contributed by atoms with E-state index in [4.69, 9.17) is 16.1 Å². The zero-order chi connectivity index (χ0) is 6.91. The van der Waals surface area contributed by atoms with Gasteiger partial charge in [-0.05, 0) is 0 Å². The van der Waals surface area contributed by atoms with E-state index in [1.165, 1.54) is 6.20 Å². The summed E-state index contributed by atoms with van der Waals surface area (Å²) in [5.41, 5.74) is 0. The van der Waals surface area contributed by atoms with Crippen LogP contribution in [-0.4, -0.2) is 27.5 Å². The summed E-state index contributed by atoms with van der Waals surface area (Å²) in [4.78, 5) is 3.53. The van der Waals surface area contributed by atoms with Gasteiger partial charge in [0, 0.05) is 12.3 Å². The third-order valence-electron chi connectivity index (χ3n) is 0.955. The SMILES string of the molecule is NN1C=NC=CC1(O)O. The number of aliphatic imine (C=N–C) groups is 1. The molecule has 1 aliphatic heterocycles.